The fourth-order valence-electron chi connectivity index (χ4n) is 1.29. The molecule has 0 radical (unpaired) electrons. The minimum absolute atomic E-state index is 0.107. The average Bonchev–Trinajstić information content (AvgIpc) is 2.50. The van der Waals surface area contributed by atoms with Gasteiger partial charge in [0.2, 0.25) is 5.88 Å². The number of rotatable bonds is 8. The van der Waals surface area contributed by atoms with Gasteiger partial charge < -0.3 is 15.8 Å². The van der Waals surface area contributed by atoms with Crippen LogP contribution in [0.3, 0.4) is 0 Å². The normalized spacial score (nSPS) is 13.0. The third-order valence-electron chi connectivity index (χ3n) is 2.74. The molecule has 0 bridgehead atoms. The van der Waals surface area contributed by atoms with E-state index in [1.807, 2.05) is 6.92 Å². The zero-order chi connectivity index (χ0) is 16.8. The van der Waals surface area contributed by atoms with Gasteiger partial charge in [-0.25, -0.2) is 13.8 Å². The van der Waals surface area contributed by atoms with Crippen LogP contribution in [0.15, 0.2) is 18.3 Å². The van der Waals surface area contributed by atoms with Crippen LogP contribution in [-0.4, -0.2) is 42.9 Å². The van der Waals surface area contributed by atoms with Crippen LogP contribution in [0.1, 0.15) is 17.3 Å². The lowest BCUT2D eigenvalue weighted by atomic mass is 10.2. The highest BCUT2D eigenvalue weighted by molar-refractivity contribution is 5.93. The van der Waals surface area contributed by atoms with Crippen molar-refractivity contribution in [2.75, 3.05) is 19.7 Å². The predicted octanol–water partition coefficient (Wildman–Crippen LogP) is 1.69. The molecule has 0 aromatic carbocycles. The van der Waals surface area contributed by atoms with Crippen LogP contribution < -0.4 is 15.8 Å². The fourth-order valence-corrected chi connectivity index (χ4v) is 1.29. The maximum atomic E-state index is 12.7. The van der Waals surface area contributed by atoms with E-state index in [0.29, 0.717) is 13.1 Å². The molecule has 5 nitrogen and oxygen atoms in total. The molecule has 0 spiro atoms. The largest absolute Gasteiger partial charge is 0.471 e. The molecular formula is C13H17F4N3O2. The van der Waals surface area contributed by atoms with Gasteiger partial charge in [0.25, 0.3) is 5.91 Å². The van der Waals surface area contributed by atoms with Gasteiger partial charge in [0.1, 0.15) is 0 Å². The van der Waals surface area contributed by atoms with E-state index in [2.05, 4.69) is 15.0 Å². The molecule has 22 heavy (non-hydrogen) atoms. The highest BCUT2D eigenvalue weighted by Gasteiger charge is 2.41. The topological polar surface area (TPSA) is 77.2 Å². The molecule has 1 aromatic rings. The number of alkyl halides is 4. The van der Waals surface area contributed by atoms with Crippen molar-refractivity contribution < 1.29 is 27.1 Å². The maximum Gasteiger partial charge on any atom is 0.340 e. The summed E-state index contributed by atoms with van der Waals surface area (Å²) < 4.78 is 53.7. The quantitative estimate of drug-likeness (QED) is 0.714. The Hall–Kier alpha value is -1.90. The highest BCUT2D eigenvalue weighted by Crippen LogP contribution is 2.23. The molecule has 1 unspecified atom stereocenters. The summed E-state index contributed by atoms with van der Waals surface area (Å²) in [6.45, 7) is 1.17. The number of halogens is 4. The summed E-state index contributed by atoms with van der Waals surface area (Å²) in [5.74, 6) is -4.82. The van der Waals surface area contributed by atoms with Gasteiger partial charge in [0.15, 0.2) is 6.61 Å². The van der Waals surface area contributed by atoms with Crippen molar-refractivity contribution in [2.24, 2.45) is 11.7 Å². The van der Waals surface area contributed by atoms with Crippen LogP contribution in [0.2, 0.25) is 0 Å². The van der Waals surface area contributed by atoms with E-state index < -0.39 is 24.9 Å². The first-order chi connectivity index (χ1) is 10.3. The molecule has 1 rings (SSSR count). The van der Waals surface area contributed by atoms with Crippen molar-refractivity contribution in [1.82, 2.24) is 10.3 Å². The van der Waals surface area contributed by atoms with Crippen molar-refractivity contribution in [2.45, 2.75) is 19.3 Å². The smallest absolute Gasteiger partial charge is 0.340 e. The van der Waals surface area contributed by atoms with Gasteiger partial charge in [-0.05, 0) is 18.5 Å². The minimum Gasteiger partial charge on any atom is -0.471 e. The zero-order valence-corrected chi connectivity index (χ0v) is 11.9. The number of nitrogens with zero attached hydrogens (tertiary/aromatic N) is 1. The monoisotopic (exact) mass is 323 g/mol. The molecule has 1 amide bonds. The van der Waals surface area contributed by atoms with Crippen molar-refractivity contribution in [3.05, 3.63) is 23.9 Å². The standard InChI is InChI=1S/C13H17F4N3O2/c1-8(4-18)5-20-11(21)9-2-3-10(19-6-9)22-7-13(16,17)12(14)15/h2-3,6,8,12H,4-5,7,18H2,1H3,(H,20,21). The lowest BCUT2D eigenvalue weighted by molar-refractivity contribution is -0.148. The molecule has 0 saturated carbocycles. The zero-order valence-electron chi connectivity index (χ0n) is 11.9. The molecule has 3 N–H and O–H groups in total. The van der Waals surface area contributed by atoms with Gasteiger partial charge in [0, 0.05) is 18.8 Å². The van der Waals surface area contributed by atoms with Gasteiger partial charge >= 0.3 is 12.3 Å². The van der Waals surface area contributed by atoms with E-state index >= 15 is 0 Å². The Bertz CT molecular complexity index is 483. The Labute approximate surface area is 124 Å². The number of hydrogen-bond donors (Lipinski definition) is 2. The summed E-state index contributed by atoms with van der Waals surface area (Å²) >= 11 is 0. The van der Waals surface area contributed by atoms with Crippen LogP contribution in [0.4, 0.5) is 17.6 Å². The number of amides is 1. The summed E-state index contributed by atoms with van der Waals surface area (Å²) in [4.78, 5) is 15.4. The first-order valence-corrected chi connectivity index (χ1v) is 6.49. The number of pyridine rings is 1. The van der Waals surface area contributed by atoms with Gasteiger partial charge in [0.05, 0.1) is 5.56 Å². The minimum atomic E-state index is -4.25. The molecule has 0 aliphatic carbocycles. The molecule has 124 valence electrons. The molecule has 9 heteroatoms. The van der Waals surface area contributed by atoms with E-state index in [1.54, 1.807) is 0 Å². The van der Waals surface area contributed by atoms with Crippen LogP contribution in [0, 0.1) is 5.92 Å². The fraction of sp³-hybridized carbons (Fsp3) is 0.538. The van der Waals surface area contributed by atoms with Crippen molar-refractivity contribution in [3.8, 4) is 5.88 Å². The molecular weight excluding hydrogens is 306 g/mol. The number of nitrogens with two attached hydrogens (primary N) is 1. The van der Waals surface area contributed by atoms with Crippen LogP contribution in [0.5, 0.6) is 5.88 Å². The molecule has 0 saturated heterocycles. The number of carbonyl (C=O) groups is 1. The van der Waals surface area contributed by atoms with Gasteiger partial charge in [-0.3, -0.25) is 4.79 Å². The second-order valence-corrected chi connectivity index (χ2v) is 4.79. The Morgan fingerprint density at radius 3 is 2.64 bits per heavy atom. The van der Waals surface area contributed by atoms with Crippen LogP contribution in [-0.2, 0) is 0 Å². The molecule has 1 aromatic heterocycles. The molecule has 0 fully saturated rings. The Balaban J connectivity index is 2.54. The summed E-state index contributed by atoms with van der Waals surface area (Å²) in [7, 11) is 0. The summed E-state index contributed by atoms with van der Waals surface area (Å²) in [6, 6.07) is 2.45. The van der Waals surface area contributed by atoms with E-state index in [9.17, 15) is 22.4 Å². The number of ether oxygens (including phenoxy) is 1. The summed E-state index contributed by atoms with van der Waals surface area (Å²) in [6.07, 6.45) is -2.71. The first-order valence-electron chi connectivity index (χ1n) is 6.49. The first kappa shape index (κ1) is 18.1. The third kappa shape index (κ3) is 5.47. The average molecular weight is 323 g/mol. The highest BCUT2D eigenvalue weighted by atomic mass is 19.3. The van der Waals surface area contributed by atoms with E-state index in [4.69, 9.17) is 5.73 Å². The Morgan fingerprint density at radius 1 is 1.45 bits per heavy atom. The number of aromatic nitrogens is 1. The number of carbonyl (C=O) groups excluding carboxylic acids is 1. The van der Waals surface area contributed by atoms with Crippen molar-refractivity contribution in [3.63, 3.8) is 0 Å². The Kier molecular flexibility index (Phi) is 6.54. The van der Waals surface area contributed by atoms with E-state index in [0.717, 1.165) is 12.3 Å². The summed E-state index contributed by atoms with van der Waals surface area (Å²) in [5.41, 5.74) is 5.60. The lowest BCUT2D eigenvalue weighted by Gasteiger charge is -2.15. The lowest BCUT2D eigenvalue weighted by Crippen LogP contribution is -2.34. The number of nitrogens with one attached hydrogen (secondary N) is 1. The third-order valence-corrected chi connectivity index (χ3v) is 2.74. The van der Waals surface area contributed by atoms with E-state index in [1.165, 1.54) is 6.07 Å². The SMILES string of the molecule is CC(CN)CNC(=O)c1ccc(OCC(F)(F)C(F)F)nc1. The summed E-state index contributed by atoms with van der Waals surface area (Å²) in [5, 5.41) is 2.62. The maximum absolute atomic E-state index is 12.7. The van der Waals surface area contributed by atoms with Gasteiger partial charge in [-0.2, -0.15) is 8.78 Å². The van der Waals surface area contributed by atoms with Crippen LogP contribution >= 0.6 is 0 Å². The van der Waals surface area contributed by atoms with Gasteiger partial charge in [-0.1, -0.05) is 6.92 Å². The molecule has 0 aliphatic heterocycles. The van der Waals surface area contributed by atoms with Crippen LogP contribution in [0.25, 0.3) is 0 Å². The molecule has 1 heterocycles. The van der Waals surface area contributed by atoms with Crippen molar-refractivity contribution >= 4 is 5.91 Å². The second-order valence-electron chi connectivity index (χ2n) is 4.79. The van der Waals surface area contributed by atoms with Gasteiger partial charge in [-0.15, -0.1) is 0 Å². The molecule has 0 aliphatic rings. The van der Waals surface area contributed by atoms with Crippen molar-refractivity contribution in [1.29, 1.82) is 0 Å². The van der Waals surface area contributed by atoms with E-state index in [-0.39, 0.29) is 17.4 Å². The predicted molar refractivity (Wildman–Crippen MR) is 71.2 cm³/mol. The second kappa shape index (κ2) is 7.92. The Morgan fingerprint density at radius 2 is 2.14 bits per heavy atom. The number of hydrogen-bond acceptors (Lipinski definition) is 4. The molecule has 1 atom stereocenters.